The summed E-state index contributed by atoms with van der Waals surface area (Å²) in [4.78, 5) is 0. The highest BCUT2D eigenvalue weighted by molar-refractivity contribution is 6.13. The van der Waals surface area contributed by atoms with Crippen LogP contribution in [0.1, 0.15) is 5.56 Å². The smallest absolute Gasteiger partial charge is 0.367 e. The zero-order valence-electron chi connectivity index (χ0n) is 21.2. The molecule has 40 heavy (non-hydrogen) atoms. The van der Waals surface area contributed by atoms with E-state index in [0.29, 0.717) is 0 Å². The number of nitrogens with zero attached hydrogens (tertiary/aromatic N) is 5. The molecular formula is C34H20N5O+3. The highest BCUT2D eigenvalue weighted by Crippen LogP contribution is 2.47. The Hall–Kier alpha value is -5.49. The number of hydrogen-bond donors (Lipinski definition) is 0. The molecule has 5 aromatic heterocycles. The van der Waals surface area contributed by atoms with Gasteiger partial charge in [0, 0.05) is 34.4 Å². The van der Waals surface area contributed by atoms with Gasteiger partial charge in [-0.25, -0.2) is 0 Å². The molecule has 0 saturated heterocycles. The second-order valence-electron chi connectivity index (χ2n) is 10.9. The summed E-state index contributed by atoms with van der Waals surface area (Å²) in [7, 11) is 0. The van der Waals surface area contributed by atoms with Crippen LogP contribution in [-0.4, -0.2) is 9.13 Å². The lowest BCUT2D eigenvalue weighted by atomic mass is 9.95. The molecule has 0 fully saturated rings. The van der Waals surface area contributed by atoms with E-state index in [4.69, 9.17) is 4.74 Å². The first-order valence-corrected chi connectivity index (χ1v) is 13.6. The van der Waals surface area contributed by atoms with Gasteiger partial charge in [-0.3, -0.25) is 0 Å². The molecule has 0 bridgehead atoms. The first kappa shape index (κ1) is 19.6. The molecule has 6 heteroatoms. The average molecular weight is 515 g/mol. The lowest BCUT2D eigenvalue weighted by Gasteiger charge is -2.35. The predicted octanol–water partition coefficient (Wildman–Crippen LogP) is 5.23. The van der Waals surface area contributed by atoms with Crippen LogP contribution in [0.2, 0.25) is 0 Å². The molecule has 3 aliphatic rings. The second kappa shape index (κ2) is 6.21. The van der Waals surface area contributed by atoms with E-state index in [1.54, 1.807) is 0 Å². The van der Waals surface area contributed by atoms with Gasteiger partial charge in [-0.05, 0) is 54.6 Å². The number of aromatic nitrogens is 5. The maximum Gasteiger partial charge on any atom is 0.500 e. The van der Waals surface area contributed by atoms with Gasteiger partial charge in [-0.1, -0.05) is 39.5 Å². The summed E-state index contributed by atoms with van der Waals surface area (Å²) in [6.45, 7) is 0. The Labute approximate surface area is 227 Å². The fourth-order valence-electron chi connectivity index (χ4n) is 7.84. The minimum Gasteiger partial charge on any atom is -0.367 e. The summed E-state index contributed by atoms with van der Waals surface area (Å²) in [6, 6.07) is 39.2. The molecule has 1 spiro atoms. The fourth-order valence-corrected chi connectivity index (χ4v) is 7.84. The Morgan fingerprint density at radius 2 is 1.25 bits per heavy atom. The lowest BCUT2D eigenvalue weighted by Crippen LogP contribution is -2.90. The van der Waals surface area contributed by atoms with Crippen LogP contribution in [0.25, 0.3) is 55.2 Å². The Bertz CT molecular complexity index is 2490. The summed E-state index contributed by atoms with van der Waals surface area (Å²) in [5, 5.41) is 4.95. The Kier molecular flexibility index (Phi) is 3.04. The van der Waals surface area contributed by atoms with Gasteiger partial charge in [-0.15, -0.1) is 4.57 Å². The molecule has 184 valence electrons. The SMILES string of the molecule is c1cc[n+]2c(c1)Oc1ccc3c4ccccc4n4c3[n+]1C21c2c-4ccc3c4ccccc4n(c23)-c2cccc[n+]21. The highest BCUT2D eigenvalue weighted by atomic mass is 16.5. The lowest BCUT2D eigenvalue weighted by molar-refractivity contribution is -1.16. The molecule has 1 atom stereocenters. The van der Waals surface area contributed by atoms with Gasteiger partial charge in [0.2, 0.25) is 5.56 Å². The van der Waals surface area contributed by atoms with Crippen molar-refractivity contribution in [3.63, 3.8) is 0 Å². The third-order valence-corrected chi connectivity index (χ3v) is 9.19. The molecule has 0 saturated carbocycles. The van der Waals surface area contributed by atoms with E-state index >= 15 is 0 Å². The van der Waals surface area contributed by atoms with Crippen molar-refractivity contribution in [2.75, 3.05) is 0 Å². The van der Waals surface area contributed by atoms with E-state index in [1.165, 1.54) is 49.3 Å². The third-order valence-electron chi connectivity index (χ3n) is 9.19. The molecule has 8 aromatic rings. The van der Waals surface area contributed by atoms with Crippen LogP contribution in [0.5, 0.6) is 11.8 Å². The van der Waals surface area contributed by atoms with E-state index in [9.17, 15) is 0 Å². The van der Waals surface area contributed by atoms with Crippen LogP contribution < -0.4 is 18.4 Å². The number of pyridine rings is 3. The van der Waals surface area contributed by atoms with Crippen molar-refractivity contribution >= 4 is 43.7 Å². The van der Waals surface area contributed by atoms with Gasteiger partial charge >= 0.3 is 23.2 Å². The number of hydrogen-bond acceptors (Lipinski definition) is 1. The third kappa shape index (κ3) is 1.84. The van der Waals surface area contributed by atoms with Crippen LogP contribution in [0, 0.1) is 0 Å². The van der Waals surface area contributed by atoms with Gasteiger partial charge in [0.15, 0.2) is 17.4 Å². The van der Waals surface area contributed by atoms with Gasteiger partial charge < -0.3 is 4.74 Å². The van der Waals surface area contributed by atoms with Gasteiger partial charge in [0.25, 0.3) is 5.82 Å². The molecule has 8 heterocycles. The Morgan fingerprint density at radius 1 is 0.550 bits per heavy atom. The molecule has 6 nitrogen and oxygen atoms in total. The van der Waals surface area contributed by atoms with Crippen molar-refractivity contribution in [2.45, 2.75) is 5.79 Å². The standard InChI is InChI=1S/C34H20N5O/c1-4-12-26-21(9-1)23-15-17-27-31-32(23)38(26)28-13-5-7-19-35(28)34(31)36-20-8-6-14-29(36)40-30-18-16-24-22-10-2-3-11-25(22)37(27)33(24)39(30)34/h1-20H/q+3. The van der Waals surface area contributed by atoms with E-state index < -0.39 is 5.79 Å². The van der Waals surface area contributed by atoms with Gasteiger partial charge in [0.1, 0.15) is 17.2 Å². The van der Waals surface area contributed by atoms with E-state index in [0.717, 1.165) is 23.2 Å². The van der Waals surface area contributed by atoms with Crippen LogP contribution in [0.15, 0.2) is 122 Å². The number of rotatable bonds is 0. The summed E-state index contributed by atoms with van der Waals surface area (Å²) >= 11 is 0. The van der Waals surface area contributed by atoms with Crippen molar-refractivity contribution in [3.05, 3.63) is 127 Å². The Balaban J connectivity index is 1.54. The average Bonchev–Trinajstić information content (AvgIpc) is 3.53. The largest absolute Gasteiger partial charge is 0.500 e. The molecular weight excluding hydrogens is 494 g/mol. The van der Waals surface area contributed by atoms with E-state index in [1.807, 2.05) is 6.07 Å². The van der Waals surface area contributed by atoms with Crippen LogP contribution in [-0.2, 0) is 5.79 Å². The number of ether oxygens (including phenoxy) is 1. The number of para-hydroxylation sites is 2. The van der Waals surface area contributed by atoms with Crippen molar-refractivity contribution in [3.8, 4) is 23.3 Å². The molecule has 0 radical (unpaired) electrons. The summed E-state index contributed by atoms with van der Waals surface area (Å²) in [6.07, 6.45) is 4.38. The van der Waals surface area contributed by atoms with Crippen LogP contribution >= 0.6 is 0 Å². The van der Waals surface area contributed by atoms with Crippen molar-refractivity contribution in [1.29, 1.82) is 0 Å². The topological polar surface area (TPSA) is 30.7 Å². The minimum atomic E-state index is -0.760. The summed E-state index contributed by atoms with van der Waals surface area (Å²) < 4.78 is 18.7. The molecule has 0 amide bonds. The number of fused-ring (bicyclic) bond motifs is 10. The summed E-state index contributed by atoms with van der Waals surface area (Å²) in [5.41, 5.74) is 7.17. The molecule has 0 N–H and O–H groups in total. The molecule has 3 aromatic carbocycles. The summed E-state index contributed by atoms with van der Waals surface area (Å²) in [5.74, 6) is 1.98. The highest BCUT2D eigenvalue weighted by Gasteiger charge is 2.70. The normalized spacial score (nSPS) is 17.3. The first-order valence-electron chi connectivity index (χ1n) is 13.6. The first-order chi connectivity index (χ1) is 19.9. The monoisotopic (exact) mass is 514 g/mol. The predicted molar refractivity (Wildman–Crippen MR) is 150 cm³/mol. The van der Waals surface area contributed by atoms with Crippen LogP contribution in [0.3, 0.4) is 0 Å². The molecule has 3 aliphatic heterocycles. The maximum absolute atomic E-state index is 6.68. The second-order valence-corrected chi connectivity index (χ2v) is 10.9. The Morgan fingerprint density at radius 3 is 2.12 bits per heavy atom. The van der Waals surface area contributed by atoms with Crippen LogP contribution in [0.4, 0.5) is 0 Å². The maximum atomic E-state index is 6.68. The molecule has 0 aliphatic carbocycles. The number of benzene rings is 3. The van der Waals surface area contributed by atoms with Gasteiger partial charge in [-0.2, -0.15) is 9.13 Å². The zero-order valence-corrected chi connectivity index (χ0v) is 21.2. The quantitative estimate of drug-likeness (QED) is 0.255. The van der Waals surface area contributed by atoms with Crippen molar-refractivity contribution in [1.82, 2.24) is 9.13 Å². The molecule has 1 unspecified atom stereocenters. The van der Waals surface area contributed by atoms with E-state index in [2.05, 4.69) is 138 Å². The fraction of sp³-hybridized carbons (Fsp3) is 0.0294. The van der Waals surface area contributed by atoms with Crippen molar-refractivity contribution < 1.29 is 18.4 Å². The van der Waals surface area contributed by atoms with Crippen molar-refractivity contribution in [2.24, 2.45) is 0 Å². The van der Waals surface area contributed by atoms with Gasteiger partial charge in [0.05, 0.1) is 11.5 Å². The molecule has 11 rings (SSSR count). The minimum absolute atomic E-state index is 0.760. The zero-order chi connectivity index (χ0) is 25.7. The van der Waals surface area contributed by atoms with E-state index in [-0.39, 0.29) is 0 Å².